The number of phenolic OH excluding ortho intramolecular Hbond substituents is 1. The van der Waals surface area contributed by atoms with Gasteiger partial charge in [-0.2, -0.15) is 0 Å². The van der Waals surface area contributed by atoms with Crippen LogP contribution in [0, 0.1) is 0 Å². The molecule has 0 aliphatic carbocycles. The van der Waals surface area contributed by atoms with Gasteiger partial charge in [-0.3, -0.25) is 0 Å². The molecule has 0 atom stereocenters. The summed E-state index contributed by atoms with van der Waals surface area (Å²) in [7, 11) is 0. The molecule has 3 nitrogen and oxygen atoms in total. The second-order valence-electron chi connectivity index (χ2n) is 4.47. The Labute approximate surface area is 148 Å². The SMILES string of the molecule is CCc1c(Cl)cc(OCNc2cc(Cl)cc(Cl)c2)c(O)c1Cl. The summed E-state index contributed by atoms with van der Waals surface area (Å²) in [4.78, 5) is 0. The fraction of sp³-hybridized carbons (Fsp3) is 0.200. The first-order valence-corrected chi connectivity index (χ1v) is 7.96. The zero-order chi connectivity index (χ0) is 16.3. The molecule has 0 heterocycles. The van der Waals surface area contributed by atoms with Gasteiger partial charge in [0.25, 0.3) is 0 Å². The molecule has 0 saturated carbocycles. The number of hydrogen-bond acceptors (Lipinski definition) is 3. The minimum Gasteiger partial charge on any atom is -0.503 e. The number of ether oxygens (including phenoxy) is 1. The number of halogens is 4. The standard InChI is InChI=1S/C15H13Cl4NO2/c1-2-11-12(18)6-13(15(21)14(11)19)22-7-20-10-4-8(16)3-9(17)5-10/h3-6,20-21H,2,7H2,1H3. The molecule has 0 aliphatic rings. The van der Waals surface area contributed by atoms with Crippen molar-refractivity contribution in [2.45, 2.75) is 13.3 Å². The molecule has 118 valence electrons. The first-order chi connectivity index (χ1) is 10.4. The summed E-state index contributed by atoms with van der Waals surface area (Å²) in [5, 5.41) is 14.7. The van der Waals surface area contributed by atoms with Gasteiger partial charge in [-0.25, -0.2) is 0 Å². The van der Waals surface area contributed by atoms with Crippen molar-refractivity contribution in [2.24, 2.45) is 0 Å². The Morgan fingerprint density at radius 3 is 2.27 bits per heavy atom. The lowest BCUT2D eigenvalue weighted by molar-refractivity contribution is 0.323. The van der Waals surface area contributed by atoms with Gasteiger partial charge in [-0.05, 0) is 30.2 Å². The quantitative estimate of drug-likeness (QED) is 0.623. The number of anilines is 1. The molecule has 0 aromatic heterocycles. The first kappa shape index (κ1) is 17.4. The van der Waals surface area contributed by atoms with Crippen LogP contribution in [-0.4, -0.2) is 11.8 Å². The van der Waals surface area contributed by atoms with Gasteiger partial charge in [0, 0.05) is 26.8 Å². The van der Waals surface area contributed by atoms with Gasteiger partial charge in [-0.1, -0.05) is 53.3 Å². The highest BCUT2D eigenvalue weighted by Crippen LogP contribution is 2.41. The highest BCUT2D eigenvalue weighted by Gasteiger charge is 2.15. The summed E-state index contributed by atoms with van der Waals surface area (Å²) in [6.07, 6.45) is 0.616. The van der Waals surface area contributed by atoms with Gasteiger partial charge in [0.1, 0.15) is 0 Å². The van der Waals surface area contributed by atoms with Crippen molar-refractivity contribution in [3.05, 3.63) is 49.9 Å². The third kappa shape index (κ3) is 4.05. The van der Waals surface area contributed by atoms with Crippen molar-refractivity contribution in [1.29, 1.82) is 0 Å². The Hall–Kier alpha value is -1.00. The van der Waals surface area contributed by atoms with Crippen molar-refractivity contribution < 1.29 is 9.84 Å². The van der Waals surface area contributed by atoms with Crippen LogP contribution in [0.3, 0.4) is 0 Å². The van der Waals surface area contributed by atoms with E-state index in [0.717, 1.165) is 0 Å². The lowest BCUT2D eigenvalue weighted by Crippen LogP contribution is -2.09. The van der Waals surface area contributed by atoms with E-state index in [0.29, 0.717) is 32.7 Å². The number of hydrogen-bond donors (Lipinski definition) is 2. The number of nitrogens with one attached hydrogen (secondary N) is 1. The normalized spacial score (nSPS) is 10.6. The van der Waals surface area contributed by atoms with E-state index in [9.17, 15) is 5.11 Å². The number of benzene rings is 2. The molecular weight excluding hydrogens is 368 g/mol. The largest absolute Gasteiger partial charge is 0.503 e. The number of rotatable bonds is 5. The van der Waals surface area contributed by atoms with Gasteiger partial charge in [0.15, 0.2) is 18.2 Å². The molecule has 0 fully saturated rings. The lowest BCUT2D eigenvalue weighted by Gasteiger charge is -2.14. The average molecular weight is 381 g/mol. The Bertz CT molecular complexity index is 671. The third-order valence-corrected chi connectivity index (χ3v) is 4.15. The molecule has 0 spiro atoms. The van der Waals surface area contributed by atoms with Crippen molar-refractivity contribution in [3.8, 4) is 11.5 Å². The maximum absolute atomic E-state index is 10.0. The van der Waals surface area contributed by atoms with E-state index in [1.54, 1.807) is 18.2 Å². The third-order valence-electron chi connectivity index (χ3n) is 2.97. The molecule has 2 N–H and O–H groups in total. The molecule has 0 amide bonds. The topological polar surface area (TPSA) is 41.5 Å². The van der Waals surface area contributed by atoms with Crippen LogP contribution < -0.4 is 10.1 Å². The van der Waals surface area contributed by atoms with Gasteiger partial charge in [0.05, 0.1) is 5.02 Å². The Kier molecular flexibility index (Phi) is 5.93. The van der Waals surface area contributed by atoms with E-state index in [1.807, 2.05) is 6.92 Å². The highest BCUT2D eigenvalue weighted by molar-refractivity contribution is 6.37. The van der Waals surface area contributed by atoms with Crippen LogP contribution in [0.25, 0.3) is 0 Å². The van der Waals surface area contributed by atoms with Crippen LogP contribution in [0.15, 0.2) is 24.3 Å². The minimum atomic E-state index is -0.131. The molecule has 2 rings (SSSR count). The average Bonchev–Trinajstić information content (AvgIpc) is 2.43. The molecular formula is C15H13Cl4NO2. The summed E-state index contributed by atoms with van der Waals surface area (Å²) < 4.78 is 5.47. The van der Waals surface area contributed by atoms with Crippen LogP contribution in [0.5, 0.6) is 11.5 Å². The van der Waals surface area contributed by atoms with Crippen LogP contribution in [0.2, 0.25) is 20.1 Å². The highest BCUT2D eigenvalue weighted by atomic mass is 35.5. The minimum absolute atomic E-state index is 0.0857. The van der Waals surface area contributed by atoms with Crippen molar-refractivity contribution in [1.82, 2.24) is 0 Å². The van der Waals surface area contributed by atoms with Crippen molar-refractivity contribution >= 4 is 52.1 Å². The predicted octanol–water partition coefficient (Wildman–Crippen LogP) is 6.02. The van der Waals surface area contributed by atoms with Crippen LogP contribution in [0.4, 0.5) is 5.69 Å². The maximum atomic E-state index is 10.0. The number of phenols is 1. The molecule has 22 heavy (non-hydrogen) atoms. The summed E-state index contributed by atoms with van der Waals surface area (Å²) in [5.74, 6) is 0.0710. The summed E-state index contributed by atoms with van der Waals surface area (Å²) >= 11 is 24.0. The van der Waals surface area contributed by atoms with Gasteiger partial charge < -0.3 is 15.2 Å². The molecule has 0 saturated heterocycles. The Morgan fingerprint density at radius 1 is 1.05 bits per heavy atom. The van der Waals surface area contributed by atoms with Crippen LogP contribution >= 0.6 is 46.4 Å². The summed E-state index contributed by atoms with van der Waals surface area (Å²) in [6, 6.07) is 6.58. The van der Waals surface area contributed by atoms with Crippen molar-refractivity contribution in [2.75, 3.05) is 12.0 Å². The zero-order valence-corrected chi connectivity index (χ0v) is 14.6. The summed E-state index contributed by atoms with van der Waals surface area (Å²) in [5.41, 5.74) is 1.38. The van der Waals surface area contributed by atoms with Crippen molar-refractivity contribution in [3.63, 3.8) is 0 Å². The van der Waals surface area contributed by atoms with E-state index >= 15 is 0 Å². The first-order valence-electron chi connectivity index (χ1n) is 6.45. The van der Waals surface area contributed by atoms with E-state index in [-0.39, 0.29) is 23.3 Å². The summed E-state index contributed by atoms with van der Waals surface area (Å²) in [6.45, 7) is 1.99. The Balaban J connectivity index is 2.09. The molecule has 0 radical (unpaired) electrons. The van der Waals surface area contributed by atoms with Crippen LogP contribution in [0.1, 0.15) is 12.5 Å². The number of aromatic hydroxyl groups is 1. The molecule has 2 aromatic rings. The van der Waals surface area contributed by atoms with E-state index < -0.39 is 0 Å². The maximum Gasteiger partial charge on any atom is 0.177 e. The van der Waals surface area contributed by atoms with E-state index in [2.05, 4.69) is 5.32 Å². The van der Waals surface area contributed by atoms with E-state index in [4.69, 9.17) is 51.1 Å². The van der Waals surface area contributed by atoms with Gasteiger partial charge >= 0.3 is 0 Å². The molecule has 2 aromatic carbocycles. The van der Waals surface area contributed by atoms with Gasteiger partial charge in [-0.15, -0.1) is 0 Å². The monoisotopic (exact) mass is 379 g/mol. The molecule has 7 heteroatoms. The Morgan fingerprint density at radius 2 is 1.68 bits per heavy atom. The lowest BCUT2D eigenvalue weighted by atomic mass is 10.1. The molecule has 0 bridgehead atoms. The molecule has 0 unspecified atom stereocenters. The zero-order valence-electron chi connectivity index (χ0n) is 11.6. The van der Waals surface area contributed by atoms with E-state index in [1.165, 1.54) is 6.07 Å². The second kappa shape index (κ2) is 7.51. The predicted molar refractivity (Wildman–Crippen MR) is 93.1 cm³/mol. The molecule has 0 aliphatic heterocycles. The fourth-order valence-corrected chi connectivity index (χ4v) is 3.14. The smallest absolute Gasteiger partial charge is 0.177 e. The van der Waals surface area contributed by atoms with Crippen LogP contribution in [-0.2, 0) is 6.42 Å². The fourth-order valence-electron chi connectivity index (χ4n) is 1.91. The second-order valence-corrected chi connectivity index (χ2v) is 6.13. The van der Waals surface area contributed by atoms with Gasteiger partial charge in [0.2, 0.25) is 0 Å².